The first kappa shape index (κ1) is 19.0. The summed E-state index contributed by atoms with van der Waals surface area (Å²) in [4.78, 5) is 14.0. The normalized spacial score (nSPS) is 14.9. The lowest BCUT2D eigenvalue weighted by molar-refractivity contribution is 0.371. The predicted octanol–water partition coefficient (Wildman–Crippen LogP) is 2.56. The molecule has 1 saturated heterocycles. The van der Waals surface area contributed by atoms with Gasteiger partial charge in [0.1, 0.15) is 5.82 Å². The molecule has 3 aromatic rings. The first-order valence-electron chi connectivity index (χ1n) is 10.1. The quantitative estimate of drug-likeness (QED) is 0.537. The van der Waals surface area contributed by atoms with Gasteiger partial charge < -0.3 is 15.1 Å². The van der Waals surface area contributed by atoms with Gasteiger partial charge in [0.05, 0.1) is 18.4 Å². The van der Waals surface area contributed by atoms with Crippen molar-refractivity contribution in [3.63, 3.8) is 0 Å². The third-order valence-electron chi connectivity index (χ3n) is 4.96. The molecule has 1 aromatic carbocycles. The van der Waals surface area contributed by atoms with E-state index in [1.54, 1.807) is 0 Å². The van der Waals surface area contributed by atoms with E-state index in [2.05, 4.69) is 38.2 Å². The summed E-state index contributed by atoms with van der Waals surface area (Å²) in [5, 5.41) is 7.90. The van der Waals surface area contributed by atoms with Gasteiger partial charge in [-0.25, -0.2) is 14.7 Å². The molecular weight excluding hydrogens is 362 g/mol. The van der Waals surface area contributed by atoms with E-state index >= 15 is 0 Å². The molecule has 2 aromatic heterocycles. The lowest BCUT2D eigenvalue weighted by Crippen LogP contribution is -2.52. The Labute approximate surface area is 171 Å². The summed E-state index contributed by atoms with van der Waals surface area (Å²) in [5.41, 5.74) is 2.15. The third kappa shape index (κ3) is 4.74. The number of rotatable bonds is 5. The second kappa shape index (κ2) is 9.23. The van der Waals surface area contributed by atoms with Crippen LogP contribution in [0.1, 0.15) is 12.5 Å². The number of pyridine rings is 1. The van der Waals surface area contributed by atoms with Crippen molar-refractivity contribution < 1.29 is 0 Å². The molecule has 0 saturated carbocycles. The summed E-state index contributed by atoms with van der Waals surface area (Å²) in [6, 6.07) is 16.2. The van der Waals surface area contributed by atoms with Crippen LogP contribution in [0.25, 0.3) is 5.69 Å². The molecule has 1 N–H and O–H groups in total. The fraction of sp³-hybridized carbons (Fsp3) is 0.318. The number of guanidine groups is 1. The fourth-order valence-corrected chi connectivity index (χ4v) is 3.44. The number of aromatic nitrogens is 3. The SMILES string of the molecule is CCNC(=NCc1cnn(-c2ccccc2)c1)N1CCN(c2ccccn2)CC1. The Hall–Kier alpha value is -3.35. The fourth-order valence-electron chi connectivity index (χ4n) is 3.44. The maximum absolute atomic E-state index is 4.86. The highest BCUT2D eigenvalue weighted by molar-refractivity contribution is 5.80. The molecule has 1 aliphatic rings. The highest BCUT2D eigenvalue weighted by atomic mass is 15.4. The van der Waals surface area contributed by atoms with Crippen LogP contribution in [-0.2, 0) is 6.54 Å². The van der Waals surface area contributed by atoms with Crippen LogP contribution in [0.4, 0.5) is 5.82 Å². The highest BCUT2D eigenvalue weighted by Crippen LogP contribution is 2.13. The summed E-state index contributed by atoms with van der Waals surface area (Å²) in [5.74, 6) is 2.00. The molecule has 7 heteroatoms. The van der Waals surface area contributed by atoms with Crippen LogP contribution in [-0.4, -0.2) is 58.3 Å². The number of nitrogens with one attached hydrogen (secondary N) is 1. The monoisotopic (exact) mass is 389 g/mol. The molecule has 29 heavy (non-hydrogen) atoms. The van der Waals surface area contributed by atoms with Gasteiger partial charge >= 0.3 is 0 Å². The second-order valence-corrected chi connectivity index (χ2v) is 6.96. The van der Waals surface area contributed by atoms with E-state index in [1.807, 2.05) is 65.7 Å². The van der Waals surface area contributed by atoms with Gasteiger partial charge in [0.15, 0.2) is 5.96 Å². The van der Waals surface area contributed by atoms with Gasteiger partial charge in [0.2, 0.25) is 0 Å². The minimum Gasteiger partial charge on any atom is -0.357 e. The number of piperazine rings is 1. The summed E-state index contributed by atoms with van der Waals surface area (Å²) in [6.07, 6.45) is 5.78. The average molecular weight is 390 g/mol. The number of nitrogens with zero attached hydrogens (tertiary/aromatic N) is 6. The Morgan fingerprint density at radius 2 is 1.83 bits per heavy atom. The van der Waals surface area contributed by atoms with E-state index in [0.717, 1.165) is 55.8 Å². The van der Waals surface area contributed by atoms with Crippen molar-refractivity contribution in [3.8, 4) is 5.69 Å². The van der Waals surface area contributed by atoms with Gasteiger partial charge in [0, 0.05) is 50.7 Å². The van der Waals surface area contributed by atoms with Crippen LogP contribution >= 0.6 is 0 Å². The van der Waals surface area contributed by atoms with Gasteiger partial charge in [0.25, 0.3) is 0 Å². The summed E-state index contributed by atoms with van der Waals surface area (Å²) in [6.45, 7) is 7.28. The molecule has 0 radical (unpaired) electrons. The molecule has 0 amide bonds. The summed E-state index contributed by atoms with van der Waals surface area (Å²) < 4.78 is 1.89. The molecule has 1 aliphatic heterocycles. The maximum Gasteiger partial charge on any atom is 0.194 e. The van der Waals surface area contributed by atoms with Crippen LogP contribution in [0.3, 0.4) is 0 Å². The van der Waals surface area contributed by atoms with Crippen LogP contribution in [0, 0.1) is 0 Å². The van der Waals surface area contributed by atoms with Crippen molar-refractivity contribution in [2.24, 2.45) is 4.99 Å². The average Bonchev–Trinajstić information content (AvgIpc) is 3.27. The molecule has 7 nitrogen and oxygen atoms in total. The maximum atomic E-state index is 4.86. The molecule has 4 rings (SSSR count). The lowest BCUT2D eigenvalue weighted by Gasteiger charge is -2.37. The molecular formula is C22H27N7. The molecule has 0 spiro atoms. The molecule has 0 bridgehead atoms. The Morgan fingerprint density at radius 3 is 2.55 bits per heavy atom. The minimum atomic E-state index is 0.607. The number of hydrogen-bond donors (Lipinski definition) is 1. The first-order chi connectivity index (χ1) is 14.3. The van der Waals surface area contributed by atoms with Crippen molar-refractivity contribution in [2.75, 3.05) is 37.6 Å². The predicted molar refractivity (Wildman–Crippen MR) is 116 cm³/mol. The van der Waals surface area contributed by atoms with E-state index in [1.165, 1.54) is 0 Å². The number of hydrogen-bond acceptors (Lipinski definition) is 4. The number of para-hydroxylation sites is 1. The van der Waals surface area contributed by atoms with Crippen molar-refractivity contribution >= 4 is 11.8 Å². The highest BCUT2D eigenvalue weighted by Gasteiger charge is 2.20. The van der Waals surface area contributed by atoms with Gasteiger partial charge in [-0.2, -0.15) is 5.10 Å². The lowest BCUT2D eigenvalue weighted by atomic mass is 10.3. The Bertz CT molecular complexity index is 913. The van der Waals surface area contributed by atoms with Gasteiger partial charge in [-0.15, -0.1) is 0 Å². The Morgan fingerprint density at radius 1 is 1.03 bits per heavy atom. The van der Waals surface area contributed by atoms with Gasteiger partial charge in [-0.1, -0.05) is 24.3 Å². The largest absolute Gasteiger partial charge is 0.357 e. The molecule has 150 valence electrons. The van der Waals surface area contributed by atoms with Crippen molar-refractivity contribution in [1.29, 1.82) is 0 Å². The zero-order valence-corrected chi connectivity index (χ0v) is 16.8. The van der Waals surface area contributed by atoms with Crippen LogP contribution < -0.4 is 10.2 Å². The van der Waals surface area contributed by atoms with E-state index in [9.17, 15) is 0 Å². The van der Waals surface area contributed by atoms with Crippen LogP contribution in [0.5, 0.6) is 0 Å². The molecule has 0 aliphatic carbocycles. The zero-order chi connectivity index (χ0) is 19.9. The minimum absolute atomic E-state index is 0.607. The standard InChI is InChI=1S/C22H27N7/c1-2-23-22(28-14-12-27(13-15-28)21-10-6-7-11-24-21)25-16-19-17-26-29(18-19)20-8-4-3-5-9-20/h3-11,17-18H,2,12-16H2,1H3,(H,23,25). The number of benzene rings is 1. The van der Waals surface area contributed by atoms with Gasteiger partial charge in [-0.3, -0.25) is 0 Å². The Balaban J connectivity index is 1.39. The summed E-state index contributed by atoms with van der Waals surface area (Å²) in [7, 11) is 0. The van der Waals surface area contributed by atoms with Crippen LogP contribution in [0.2, 0.25) is 0 Å². The topological polar surface area (TPSA) is 61.6 Å². The molecule has 0 atom stereocenters. The van der Waals surface area contributed by atoms with Crippen molar-refractivity contribution in [2.45, 2.75) is 13.5 Å². The molecule has 3 heterocycles. The van der Waals surface area contributed by atoms with E-state index in [0.29, 0.717) is 6.54 Å². The van der Waals surface area contributed by atoms with E-state index < -0.39 is 0 Å². The molecule has 1 fully saturated rings. The van der Waals surface area contributed by atoms with E-state index in [-0.39, 0.29) is 0 Å². The third-order valence-corrected chi connectivity index (χ3v) is 4.96. The van der Waals surface area contributed by atoms with Crippen LogP contribution in [0.15, 0.2) is 72.1 Å². The van der Waals surface area contributed by atoms with Gasteiger partial charge in [-0.05, 0) is 31.2 Å². The number of anilines is 1. The summed E-state index contributed by atoms with van der Waals surface area (Å²) >= 11 is 0. The smallest absolute Gasteiger partial charge is 0.194 e. The zero-order valence-electron chi connectivity index (χ0n) is 16.8. The Kier molecular flexibility index (Phi) is 6.04. The van der Waals surface area contributed by atoms with Crippen molar-refractivity contribution in [1.82, 2.24) is 25.0 Å². The number of aliphatic imine (C=N–C) groups is 1. The van der Waals surface area contributed by atoms with Crippen molar-refractivity contribution in [3.05, 3.63) is 72.7 Å². The van der Waals surface area contributed by atoms with E-state index in [4.69, 9.17) is 4.99 Å². The second-order valence-electron chi connectivity index (χ2n) is 6.96. The first-order valence-corrected chi connectivity index (χ1v) is 10.1. The molecule has 0 unspecified atom stereocenters.